The molecular weight excluding hydrogens is 229 g/mol. The molecule has 17 heavy (non-hydrogen) atoms. The van der Waals surface area contributed by atoms with Gasteiger partial charge in [0.2, 0.25) is 0 Å². The molecule has 0 spiro atoms. The zero-order valence-electron chi connectivity index (χ0n) is 9.93. The third kappa shape index (κ3) is 3.71. The van der Waals surface area contributed by atoms with Crippen molar-refractivity contribution in [3.8, 4) is 0 Å². The largest absolute Gasteiger partial charge is 0.391 e. The second kappa shape index (κ2) is 4.99. The molecule has 0 N–H and O–H groups in total. The minimum atomic E-state index is -4.12. The van der Waals surface area contributed by atoms with Gasteiger partial charge in [0.05, 0.1) is 5.92 Å². The predicted molar refractivity (Wildman–Crippen MR) is 58.5 cm³/mol. The van der Waals surface area contributed by atoms with E-state index in [2.05, 4.69) is 0 Å². The molecule has 98 valence electrons. The fourth-order valence-corrected chi connectivity index (χ4v) is 2.74. The Hall–Kier alpha value is -0.540. The maximum absolute atomic E-state index is 12.6. The lowest BCUT2D eigenvalue weighted by molar-refractivity contribution is -0.186. The van der Waals surface area contributed by atoms with Crippen LogP contribution >= 0.6 is 0 Å². The predicted octanol–water partition coefficient (Wildman–Crippen LogP) is 4.11. The number of alkyl halides is 3. The average Bonchev–Trinajstić information content (AvgIpc) is 3.09. The zero-order valence-corrected chi connectivity index (χ0v) is 9.93. The van der Waals surface area contributed by atoms with E-state index >= 15 is 0 Å². The van der Waals surface area contributed by atoms with Crippen LogP contribution in [0, 0.1) is 17.8 Å². The number of carbonyl (C=O) groups excluding carboxylic acids is 1. The lowest BCUT2D eigenvalue weighted by Gasteiger charge is -2.29. The molecule has 2 rings (SSSR count). The molecule has 0 radical (unpaired) electrons. The Morgan fingerprint density at radius 2 is 1.82 bits per heavy atom. The summed E-state index contributed by atoms with van der Waals surface area (Å²) in [5.41, 5.74) is 0. The van der Waals surface area contributed by atoms with Crippen LogP contribution in [-0.4, -0.2) is 12.0 Å². The third-order valence-corrected chi connectivity index (χ3v) is 4.09. The molecule has 2 saturated carbocycles. The smallest absolute Gasteiger partial charge is 0.299 e. The monoisotopic (exact) mass is 248 g/mol. The molecule has 2 aliphatic rings. The van der Waals surface area contributed by atoms with Gasteiger partial charge in [-0.25, -0.2) is 0 Å². The van der Waals surface area contributed by atoms with Crippen molar-refractivity contribution in [3.05, 3.63) is 0 Å². The molecular formula is C13H19F3O. The van der Waals surface area contributed by atoms with Crippen LogP contribution in [0.25, 0.3) is 0 Å². The molecule has 0 amide bonds. The summed E-state index contributed by atoms with van der Waals surface area (Å²) < 4.78 is 37.8. The second-order valence-electron chi connectivity index (χ2n) is 5.55. The first-order valence-corrected chi connectivity index (χ1v) is 6.56. The highest BCUT2D eigenvalue weighted by molar-refractivity contribution is 5.81. The highest BCUT2D eigenvalue weighted by Crippen LogP contribution is 2.41. The molecule has 0 aromatic rings. The van der Waals surface area contributed by atoms with Crippen LogP contribution in [0.1, 0.15) is 51.4 Å². The molecule has 0 aliphatic heterocycles. The van der Waals surface area contributed by atoms with Gasteiger partial charge in [0.15, 0.2) is 0 Å². The van der Waals surface area contributed by atoms with E-state index in [0.717, 1.165) is 6.42 Å². The van der Waals surface area contributed by atoms with Gasteiger partial charge in [0.25, 0.3) is 0 Å². The Morgan fingerprint density at radius 3 is 2.41 bits per heavy atom. The molecule has 1 nitrogen and oxygen atoms in total. The Morgan fingerprint density at radius 1 is 1.12 bits per heavy atom. The number of halogens is 3. The van der Waals surface area contributed by atoms with E-state index in [9.17, 15) is 18.0 Å². The molecule has 0 saturated heterocycles. The van der Waals surface area contributed by atoms with Crippen molar-refractivity contribution < 1.29 is 18.0 Å². The van der Waals surface area contributed by atoms with Gasteiger partial charge in [-0.3, -0.25) is 4.79 Å². The van der Waals surface area contributed by atoms with Gasteiger partial charge in [-0.2, -0.15) is 13.2 Å². The first-order valence-electron chi connectivity index (χ1n) is 6.56. The number of rotatable bonds is 4. The van der Waals surface area contributed by atoms with Crippen molar-refractivity contribution >= 4 is 5.78 Å². The van der Waals surface area contributed by atoms with Crippen LogP contribution in [0.3, 0.4) is 0 Å². The quantitative estimate of drug-likeness (QED) is 0.731. The zero-order chi connectivity index (χ0) is 12.5. The second-order valence-corrected chi connectivity index (χ2v) is 5.55. The van der Waals surface area contributed by atoms with Gasteiger partial charge in [-0.15, -0.1) is 0 Å². The fraction of sp³-hybridized carbons (Fsp3) is 0.923. The SMILES string of the molecule is O=C(CCC1CC1)C1CCCC(C(F)(F)F)C1. The van der Waals surface area contributed by atoms with Crippen molar-refractivity contribution in [3.63, 3.8) is 0 Å². The van der Waals surface area contributed by atoms with Gasteiger partial charge < -0.3 is 0 Å². The van der Waals surface area contributed by atoms with E-state index in [1.807, 2.05) is 0 Å². The molecule has 2 aliphatic carbocycles. The number of carbonyl (C=O) groups is 1. The summed E-state index contributed by atoms with van der Waals surface area (Å²) in [4.78, 5) is 11.8. The topological polar surface area (TPSA) is 17.1 Å². The van der Waals surface area contributed by atoms with Gasteiger partial charge in [-0.05, 0) is 31.6 Å². The van der Waals surface area contributed by atoms with Crippen LogP contribution in [0.15, 0.2) is 0 Å². The van der Waals surface area contributed by atoms with Gasteiger partial charge in [0, 0.05) is 12.3 Å². The van der Waals surface area contributed by atoms with Gasteiger partial charge >= 0.3 is 6.18 Å². The Bertz CT molecular complexity index is 281. The number of hydrogen-bond donors (Lipinski definition) is 0. The maximum Gasteiger partial charge on any atom is 0.391 e. The first-order chi connectivity index (χ1) is 7.97. The van der Waals surface area contributed by atoms with Crippen molar-refractivity contribution in [2.75, 3.05) is 0 Å². The Balaban J connectivity index is 1.81. The standard InChI is InChI=1S/C13H19F3O/c14-13(15,16)11-3-1-2-10(8-11)12(17)7-6-9-4-5-9/h9-11H,1-8H2. The molecule has 4 heteroatoms. The summed E-state index contributed by atoms with van der Waals surface area (Å²) in [6.07, 6.45) is 1.12. The number of Topliss-reactive ketones (excluding diaryl/α,β-unsaturated/α-hetero) is 1. The highest BCUT2D eigenvalue weighted by atomic mass is 19.4. The third-order valence-electron chi connectivity index (χ3n) is 4.09. The summed E-state index contributed by atoms with van der Waals surface area (Å²) in [6.45, 7) is 0. The number of hydrogen-bond acceptors (Lipinski definition) is 1. The van der Waals surface area contributed by atoms with Crippen molar-refractivity contribution in [2.24, 2.45) is 17.8 Å². The van der Waals surface area contributed by atoms with Crippen LogP contribution < -0.4 is 0 Å². The van der Waals surface area contributed by atoms with Crippen molar-refractivity contribution in [1.29, 1.82) is 0 Å². The average molecular weight is 248 g/mol. The molecule has 0 aromatic heterocycles. The fourth-order valence-electron chi connectivity index (χ4n) is 2.74. The minimum absolute atomic E-state index is 0.0347. The summed E-state index contributed by atoms with van der Waals surface area (Å²) in [5.74, 6) is -0.813. The lowest BCUT2D eigenvalue weighted by atomic mass is 9.78. The van der Waals surface area contributed by atoms with Crippen molar-refractivity contribution in [1.82, 2.24) is 0 Å². The summed E-state index contributed by atoms with van der Waals surface area (Å²) in [7, 11) is 0. The normalized spacial score (nSPS) is 30.3. The van der Waals surface area contributed by atoms with Crippen LogP contribution in [-0.2, 0) is 4.79 Å². The van der Waals surface area contributed by atoms with Gasteiger partial charge in [-0.1, -0.05) is 19.3 Å². The minimum Gasteiger partial charge on any atom is -0.299 e. The van der Waals surface area contributed by atoms with E-state index in [-0.39, 0.29) is 24.5 Å². The summed E-state index contributed by atoms with van der Waals surface area (Å²) in [5, 5.41) is 0. The van der Waals surface area contributed by atoms with Gasteiger partial charge in [0.1, 0.15) is 5.78 Å². The molecule has 0 heterocycles. The van der Waals surface area contributed by atoms with E-state index in [0.29, 0.717) is 25.2 Å². The van der Waals surface area contributed by atoms with E-state index in [4.69, 9.17) is 0 Å². The molecule has 2 atom stereocenters. The van der Waals surface area contributed by atoms with E-state index in [1.54, 1.807) is 0 Å². The van der Waals surface area contributed by atoms with E-state index < -0.39 is 12.1 Å². The maximum atomic E-state index is 12.6. The molecule has 0 bridgehead atoms. The van der Waals surface area contributed by atoms with Crippen LogP contribution in [0.2, 0.25) is 0 Å². The Kier molecular flexibility index (Phi) is 3.79. The first kappa shape index (κ1) is 12.9. The van der Waals surface area contributed by atoms with Crippen LogP contribution in [0.4, 0.5) is 13.2 Å². The van der Waals surface area contributed by atoms with E-state index in [1.165, 1.54) is 12.8 Å². The van der Waals surface area contributed by atoms with Crippen molar-refractivity contribution in [2.45, 2.75) is 57.5 Å². The lowest BCUT2D eigenvalue weighted by Crippen LogP contribution is -2.31. The summed E-state index contributed by atoms with van der Waals surface area (Å²) in [6, 6.07) is 0. The Labute approximate surface area is 99.8 Å². The van der Waals surface area contributed by atoms with Crippen LogP contribution in [0.5, 0.6) is 0 Å². The summed E-state index contributed by atoms with van der Waals surface area (Å²) >= 11 is 0. The molecule has 2 unspecified atom stereocenters. The highest BCUT2D eigenvalue weighted by Gasteiger charge is 2.43. The molecule has 0 aromatic carbocycles. The number of ketones is 1. The molecule has 2 fully saturated rings.